The van der Waals surface area contributed by atoms with Gasteiger partial charge in [0.05, 0.1) is 4.75 Å². The van der Waals surface area contributed by atoms with E-state index in [4.69, 9.17) is 18.0 Å². The molecule has 2 rings (SSSR count). The number of hydrogen-bond donors (Lipinski definition) is 2. The van der Waals surface area contributed by atoms with Crippen molar-refractivity contribution < 1.29 is 4.79 Å². The molecular formula is C14H18N2OS2. The summed E-state index contributed by atoms with van der Waals surface area (Å²) in [6.07, 6.45) is 2.07. The van der Waals surface area contributed by atoms with Crippen LogP contribution in [0.4, 0.5) is 0 Å². The second kappa shape index (κ2) is 5.92. The number of nitrogens with two attached hydrogens (primary N) is 1. The molecule has 0 saturated carbocycles. The Morgan fingerprint density at radius 2 is 2.37 bits per heavy atom. The average molecular weight is 294 g/mol. The first-order valence-corrected chi connectivity index (χ1v) is 7.72. The molecule has 1 aliphatic rings. The van der Waals surface area contributed by atoms with Gasteiger partial charge in [-0.05, 0) is 37.1 Å². The number of amides is 1. The topological polar surface area (TPSA) is 55.1 Å². The van der Waals surface area contributed by atoms with E-state index in [1.54, 1.807) is 11.8 Å². The van der Waals surface area contributed by atoms with Gasteiger partial charge in [-0.25, -0.2) is 0 Å². The number of hydrogen-bond acceptors (Lipinski definition) is 3. The Kier molecular flexibility index (Phi) is 4.47. The SMILES string of the molecule is CC1(C(=O)NCc2cccc(C(N)=S)c2)CCCS1. The molecule has 1 aromatic carbocycles. The van der Waals surface area contributed by atoms with E-state index in [9.17, 15) is 4.79 Å². The Balaban J connectivity index is 1.97. The fourth-order valence-corrected chi connectivity index (χ4v) is 3.52. The van der Waals surface area contributed by atoms with Crippen molar-refractivity contribution in [3.63, 3.8) is 0 Å². The van der Waals surface area contributed by atoms with Gasteiger partial charge in [-0.3, -0.25) is 4.79 Å². The highest BCUT2D eigenvalue weighted by Crippen LogP contribution is 2.37. The quantitative estimate of drug-likeness (QED) is 0.836. The minimum Gasteiger partial charge on any atom is -0.389 e. The summed E-state index contributed by atoms with van der Waals surface area (Å²) >= 11 is 6.69. The molecule has 0 aromatic heterocycles. The fraction of sp³-hybridized carbons (Fsp3) is 0.429. The fourth-order valence-electron chi connectivity index (χ4n) is 2.16. The van der Waals surface area contributed by atoms with E-state index in [-0.39, 0.29) is 10.7 Å². The van der Waals surface area contributed by atoms with Crippen LogP contribution in [0, 0.1) is 0 Å². The molecule has 0 spiro atoms. The van der Waals surface area contributed by atoms with Gasteiger partial charge in [-0.1, -0.05) is 30.4 Å². The van der Waals surface area contributed by atoms with Crippen LogP contribution in [0.5, 0.6) is 0 Å². The third-order valence-corrected chi connectivity index (χ3v) is 5.12. The van der Waals surface area contributed by atoms with E-state index in [2.05, 4.69) is 5.32 Å². The molecule has 1 fully saturated rings. The smallest absolute Gasteiger partial charge is 0.236 e. The van der Waals surface area contributed by atoms with Crippen molar-refractivity contribution in [2.75, 3.05) is 5.75 Å². The van der Waals surface area contributed by atoms with Crippen LogP contribution in [0.25, 0.3) is 0 Å². The van der Waals surface area contributed by atoms with Gasteiger partial charge < -0.3 is 11.1 Å². The molecule has 1 unspecified atom stereocenters. The highest BCUT2D eigenvalue weighted by Gasteiger charge is 2.36. The Morgan fingerprint density at radius 3 is 3.00 bits per heavy atom. The van der Waals surface area contributed by atoms with E-state index in [1.165, 1.54) is 0 Å². The minimum absolute atomic E-state index is 0.121. The second-order valence-electron chi connectivity index (χ2n) is 4.93. The zero-order valence-corrected chi connectivity index (χ0v) is 12.6. The number of carbonyl (C=O) groups is 1. The van der Waals surface area contributed by atoms with E-state index in [1.807, 2.05) is 31.2 Å². The summed E-state index contributed by atoms with van der Waals surface area (Å²) < 4.78 is -0.263. The van der Waals surface area contributed by atoms with Crippen LogP contribution < -0.4 is 11.1 Å². The normalized spacial score (nSPS) is 22.2. The Bertz CT molecular complexity index is 496. The molecule has 0 aliphatic carbocycles. The van der Waals surface area contributed by atoms with E-state index in [0.29, 0.717) is 11.5 Å². The number of carbonyl (C=O) groups excluding carboxylic acids is 1. The highest BCUT2D eigenvalue weighted by molar-refractivity contribution is 8.01. The standard InChI is InChI=1S/C14H18N2OS2/c1-14(6-3-7-19-14)13(17)16-9-10-4-2-5-11(8-10)12(15)18/h2,4-5,8H,3,6-7,9H2,1H3,(H2,15,18)(H,16,17). The summed E-state index contributed by atoms with van der Waals surface area (Å²) in [7, 11) is 0. The molecule has 3 nitrogen and oxygen atoms in total. The molecule has 1 aromatic rings. The van der Waals surface area contributed by atoms with Gasteiger partial charge in [0.15, 0.2) is 0 Å². The average Bonchev–Trinajstić information content (AvgIpc) is 2.84. The monoisotopic (exact) mass is 294 g/mol. The molecule has 19 heavy (non-hydrogen) atoms. The number of thiocarbonyl (C=S) groups is 1. The number of thioether (sulfide) groups is 1. The van der Waals surface area contributed by atoms with Crippen molar-refractivity contribution in [3.8, 4) is 0 Å². The lowest BCUT2D eigenvalue weighted by Crippen LogP contribution is -2.39. The van der Waals surface area contributed by atoms with Crippen molar-refractivity contribution in [1.82, 2.24) is 5.32 Å². The molecule has 1 atom stereocenters. The predicted molar refractivity (Wildman–Crippen MR) is 84.3 cm³/mol. The van der Waals surface area contributed by atoms with Gasteiger partial charge >= 0.3 is 0 Å². The Morgan fingerprint density at radius 1 is 1.58 bits per heavy atom. The van der Waals surface area contributed by atoms with Crippen LogP contribution in [0.2, 0.25) is 0 Å². The van der Waals surface area contributed by atoms with Crippen molar-refractivity contribution in [2.45, 2.75) is 31.1 Å². The summed E-state index contributed by atoms with van der Waals surface area (Å²) in [5, 5.41) is 3.00. The summed E-state index contributed by atoms with van der Waals surface area (Å²) in [4.78, 5) is 12.6. The molecule has 3 N–H and O–H groups in total. The number of benzene rings is 1. The highest BCUT2D eigenvalue weighted by atomic mass is 32.2. The minimum atomic E-state index is -0.263. The molecule has 0 radical (unpaired) electrons. The van der Waals surface area contributed by atoms with Crippen LogP contribution >= 0.6 is 24.0 Å². The third-order valence-electron chi connectivity index (χ3n) is 3.36. The maximum atomic E-state index is 12.2. The van der Waals surface area contributed by atoms with Gasteiger partial charge in [0.2, 0.25) is 5.91 Å². The molecule has 5 heteroatoms. The predicted octanol–water partition coefficient (Wildman–Crippen LogP) is 2.22. The third kappa shape index (κ3) is 3.48. The maximum absolute atomic E-state index is 12.2. The van der Waals surface area contributed by atoms with Crippen molar-refractivity contribution in [2.24, 2.45) is 5.73 Å². The van der Waals surface area contributed by atoms with Gasteiger partial charge in [0, 0.05) is 12.1 Å². The number of rotatable bonds is 4. The van der Waals surface area contributed by atoms with Gasteiger partial charge in [-0.2, -0.15) is 0 Å². The molecular weight excluding hydrogens is 276 g/mol. The number of nitrogens with one attached hydrogen (secondary N) is 1. The Labute approximate surface area is 123 Å². The summed E-state index contributed by atoms with van der Waals surface area (Å²) in [6, 6.07) is 7.67. The van der Waals surface area contributed by atoms with Crippen molar-refractivity contribution >= 4 is 34.9 Å². The molecule has 102 valence electrons. The molecule has 0 bridgehead atoms. The van der Waals surface area contributed by atoms with E-state index in [0.717, 1.165) is 29.7 Å². The second-order valence-corrected chi connectivity index (χ2v) is 6.97. The first-order valence-electron chi connectivity index (χ1n) is 6.32. The molecule has 1 heterocycles. The van der Waals surface area contributed by atoms with Crippen LogP contribution in [0.3, 0.4) is 0 Å². The van der Waals surface area contributed by atoms with Gasteiger partial charge in [0.25, 0.3) is 0 Å². The van der Waals surface area contributed by atoms with Crippen LogP contribution in [-0.4, -0.2) is 21.4 Å². The summed E-state index contributed by atoms with van der Waals surface area (Å²) in [6.45, 7) is 2.54. The van der Waals surface area contributed by atoms with Crippen molar-refractivity contribution in [1.29, 1.82) is 0 Å². The maximum Gasteiger partial charge on any atom is 0.236 e. The lowest BCUT2D eigenvalue weighted by atomic mass is 10.0. The first kappa shape index (κ1) is 14.3. The molecule has 1 aliphatic heterocycles. The van der Waals surface area contributed by atoms with Crippen LogP contribution in [0.1, 0.15) is 30.9 Å². The van der Waals surface area contributed by atoms with E-state index < -0.39 is 0 Å². The van der Waals surface area contributed by atoms with Crippen molar-refractivity contribution in [3.05, 3.63) is 35.4 Å². The zero-order chi connectivity index (χ0) is 13.9. The van der Waals surface area contributed by atoms with Gasteiger partial charge in [0.1, 0.15) is 4.99 Å². The lowest BCUT2D eigenvalue weighted by molar-refractivity contribution is -0.123. The summed E-state index contributed by atoms with van der Waals surface area (Å²) in [5.41, 5.74) is 7.45. The zero-order valence-electron chi connectivity index (χ0n) is 10.9. The Hall–Kier alpha value is -1.07. The lowest BCUT2D eigenvalue weighted by Gasteiger charge is -2.21. The summed E-state index contributed by atoms with van der Waals surface area (Å²) in [5.74, 6) is 1.19. The molecule has 1 amide bonds. The first-order chi connectivity index (χ1) is 9.01. The largest absolute Gasteiger partial charge is 0.389 e. The van der Waals surface area contributed by atoms with E-state index >= 15 is 0 Å². The van der Waals surface area contributed by atoms with Gasteiger partial charge in [-0.15, -0.1) is 11.8 Å². The van der Waals surface area contributed by atoms with Crippen LogP contribution in [0.15, 0.2) is 24.3 Å². The molecule has 1 saturated heterocycles. The van der Waals surface area contributed by atoms with Crippen LogP contribution in [-0.2, 0) is 11.3 Å².